The van der Waals surface area contributed by atoms with Gasteiger partial charge in [-0.1, -0.05) is 66.2 Å². The number of aromatic nitrogens is 2. The summed E-state index contributed by atoms with van der Waals surface area (Å²) in [6, 6.07) is 22.1. The predicted octanol–water partition coefficient (Wildman–Crippen LogP) is 6.55. The van der Waals surface area contributed by atoms with Crippen LogP contribution in [0.15, 0.2) is 92.5 Å². The zero-order valence-corrected chi connectivity index (χ0v) is 18.8. The van der Waals surface area contributed by atoms with Gasteiger partial charge in [-0.15, -0.1) is 13.2 Å². The molecule has 0 N–H and O–H groups in total. The van der Waals surface area contributed by atoms with E-state index in [9.17, 15) is 0 Å². The number of imidazole rings is 1. The van der Waals surface area contributed by atoms with Crippen LogP contribution in [-0.2, 0) is 19.6 Å². The Balaban J connectivity index is 0.00000132. The molecule has 3 aromatic carbocycles. The summed E-state index contributed by atoms with van der Waals surface area (Å²) in [4.78, 5) is 6.74. The first-order chi connectivity index (χ1) is 15.2. The molecule has 0 aliphatic carbocycles. The average molecular weight is 412 g/mol. The van der Waals surface area contributed by atoms with Crippen molar-refractivity contribution in [3.63, 3.8) is 0 Å². The maximum atomic E-state index is 4.16. The molecule has 0 unspecified atom stereocenters. The molecule has 0 bridgehead atoms. The number of benzene rings is 3. The summed E-state index contributed by atoms with van der Waals surface area (Å²) in [5.41, 5.74) is 5.52. The van der Waals surface area contributed by atoms with Gasteiger partial charge in [-0.25, -0.2) is 4.98 Å². The van der Waals surface area contributed by atoms with E-state index in [1.54, 1.807) is 0 Å². The zero-order valence-electron chi connectivity index (χ0n) is 18.8. The van der Waals surface area contributed by atoms with Crippen molar-refractivity contribution in [2.24, 2.45) is 0 Å². The number of rotatable bonds is 8. The molecule has 1 aromatic heterocycles. The van der Waals surface area contributed by atoms with Gasteiger partial charge in [-0.2, -0.15) is 0 Å². The fraction of sp³-hybridized carbons (Fsp3) is 0.250. The standard InChI is InChI=1S/C26H29N3.C2H4/c1-21-11-12-22(2)25(17-21)19-29(15-6-14-28-16-13-27-20-28)18-24-9-5-8-23-7-3-4-10-26(23)24;1-2/h3-5,7-13,16-17,20H,6,14-15,18-19H2,1-2H3;1-2H2. The molecule has 3 heteroatoms. The van der Waals surface area contributed by atoms with Crippen molar-refractivity contribution >= 4 is 10.8 Å². The van der Waals surface area contributed by atoms with E-state index in [1.807, 2.05) is 18.7 Å². The summed E-state index contributed by atoms with van der Waals surface area (Å²) in [5, 5.41) is 2.67. The van der Waals surface area contributed by atoms with Crippen LogP contribution in [0.2, 0.25) is 0 Å². The summed E-state index contributed by atoms with van der Waals surface area (Å²) in [6.07, 6.45) is 6.90. The molecule has 0 amide bonds. The molecule has 4 rings (SSSR count). The van der Waals surface area contributed by atoms with Crippen LogP contribution in [0.25, 0.3) is 10.8 Å². The van der Waals surface area contributed by atoms with Gasteiger partial charge in [-0.05, 0) is 47.7 Å². The molecular weight excluding hydrogens is 378 g/mol. The Morgan fingerprint density at radius 1 is 0.903 bits per heavy atom. The van der Waals surface area contributed by atoms with Gasteiger partial charge in [0.25, 0.3) is 0 Å². The summed E-state index contributed by atoms with van der Waals surface area (Å²) < 4.78 is 2.16. The number of fused-ring (bicyclic) bond motifs is 1. The van der Waals surface area contributed by atoms with Crippen molar-refractivity contribution in [1.29, 1.82) is 0 Å². The highest BCUT2D eigenvalue weighted by Crippen LogP contribution is 2.22. The minimum atomic E-state index is 0.957. The molecule has 1 heterocycles. The highest BCUT2D eigenvalue weighted by atomic mass is 15.1. The van der Waals surface area contributed by atoms with Gasteiger partial charge in [0, 0.05) is 38.6 Å². The largest absolute Gasteiger partial charge is 0.337 e. The van der Waals surface area contributed by atoms with E-state index in [1.165, 1.54) is 33.0 Å². The zero-order chi connectivity index (χ0) is 22.1. The van der Waals surface area contributed by atoms with E-state index in [4.69, 9.17) is 0 Å². The topological polar surface area (TPSA) is 21.1 Å². The number of aryl methyl sites for hydroxylation is 3. The molecule has 160 valence electrons. The van der Waals surface area contributed by atoms with E-state index in [-0.39, 0.29) is 0 Å². The lowest BCUT2D eigenvalue weighted by Gasteiger charge is -2.24. The summed E-state index contributed by atoms with van der Waals surface area (Å²) in [6.45, 7) is 14.4. The first-order valence-corrected chi connectivity index (χ1v) is 10.9. The smallest absolute Gasteiger partial charge is 0.0945 e. The van der Waals surface area contributed by atoms with Crippen LogP contribution in [-0.4, -0.2) is 21.0 Å². The first kappa shape index (κ1) is 22.5. The van der Waals surface area contributed by atoms with Crippen LogP contribution in [0.1, 0.15) is 28.7 Å². The van der Waals surface area contributed by atoms with Crippen LogP contribution >= 0.6 is 0 Å². The van der Waals surface area contributed by atoms with E-state index in [0.29, 0.717) is 0 Å². The highest BCUT2D eigenvalue weighted by Gasteiger charge is 2.11. The van der Waals surface area contributed by atoms with Crippen LogP contribution in [0, 0.1) is 13.8 Å². The molecule has 0 fully saturated rings. The lowest BCUT2D eigenvalue weighted by atomic mass is 10.0. The molecule has 0 atom stereocenters. The minimum absolute atomic E-state index is 0.957. The Morgan fingerprint density at radius 3 is 2.48 bits per heavy atom. The molecule has 0 saturated heterocycles. The van der Waals surface area contributed by atoms with Gasteiger partial charge in [0.05, 0.1) is 6.33 Å². The Labute approximate surface area is 186 Å². The fourth-order valence-corrected chi connectivity index (χ4v) is 3.99. The summed E-state index contributed by atoms with van der Waals surface area (Å²) >= 11 is 0. The lowest BCUT2D eigenvalue weighted by Crippen LogP contribution is -2.25. The number of nitrogens with zero attached hydrogens (tertiary/aromatic N) is 3. The molecule has 0 aliphatic heterocycles. The SMILES string of the molecule is C=C.Cc1ccc(C)c(CN(CCCn2ccnc2)Cc2cccc3ccccc23)c1. The van der Waals surface area contributed by atoms with E-state index >= 15 is 0 Å². The third kappa shape index (κ3) is 6.16. The van der Waals surface area contributed by atoms with Crippen LogP contribution in [0.4, 0.5) is 0 Å². The van der Waals surface area contributed by atoms with Crippen molar-refractivity contribution in [3.05, 3.63) is 115 Å². The van der Waals surface area contributed by atoms with Crippen molar-refractivity contribution in [2.45, 2.75) is 39.9 Å². The van der Waals surface area contributed by atoms with Crippen molar-refractivity contribution in [3.8, 4) is 0 Å². The average Bonchev–Trinajstić information content (AvgIpc) is 3.31. The number of hydrogen-bond donors (Lipinski definition) is 0. The second-order valence-corrected chi connectivity index (χ2v) is 7.93. The molecule has 3 nitrogen and oxygen atoms in total. The predicted molar refractivity (Wildman–Crippen MR) is 132 cm³/mol. The molecule has 4 aromatic rings. The third-order valence-corrected chi connectivity index (χ3v) is 5.62. The van der Waals surface area contributed by atoms with Crippen LogP contribution < -0.4 is 0 Å². The van der Waals surface area contributed by atoms with Crippen molar-refractivity contribution in [1.82, 2.24) is 14.5 Å². The first-order valence-electron chi connectivity index (χ1n) is 10.9. The Kier molecular flexibility index (Phi) is 8.19. The van der Waals surface area contributed by atoms with Gasteiger partial charge in [0.1, 0.15) is 0 Å². The Bertz CT molecular complexity index is 1080. The molecule has 0 aliphatic rings. The monoisotopic (exact) mass is 411 g/mol. The van der Waals surface area contributed by atoms with E-state index in [0.717, 1.165) is 32.6 Å². The van der Waals surface area contributed by atoms with Gasteiger partial charge >= 0.3 is 0 Å². The fourth-order valence-electron chi connectivity index (χ4n) is 3.99. The summed E-state index contributed by atoms with van der Waals surface area (Å²) in [7, 11) is 0. The highest BCUT2D eigenvalue weighted by molar-refractivity contribution is 5.85. The quantitative estimate of drug-likeness (QED) is 0.307. The van der Waals surface area contributed by atoms with Crippen molar-refractivity contribution in [2.75, 3.05) is 6.54 Å². The molecular formula is C28H33N3. The van der Waals surface area contributed by atoms with E-state index in [2.05, 4.69) is 102 Å². The molecule has 0 saturated carbocycles. The van der Waals surface area contributed by atoms with Gasteiger partial charge in [0.2, 0.25) is 0 Å². The molecule has 31 heavy (non-hydrogen) atoms. The maximum absolute atomic E-state index is 4.16. The van der Waals surface area contributed by atoms with Crippen LogP contribution in [0.5, 0.6) is 0 Å². The van der Waals surface area contributed by atoms with Crippen molar-refractivity contribution < 1.29 is 0 Å². The van der Waals surface area contributed by atoms with Gasteiger partial charge in [-0.3, -0.25) is 4.90 Å². The molecule has 0 radical (unpaired) electrons. The van der Waals surface area contributed by atoms with Gasteiger partial charge < -0.3 is 4.57 Å². The minimum Gasteiger partial charge on any atom is -0.337 e. The Hall–Kier alpha value is -3.17. The van der Waals surface area contributed by atoms with Crippen LogP contribution in [0.3, 0.4) is 0 Å². The normalized spacial score (nSPS) is 10.8. The molecule has 0 spiro atoms. The second-order valence-electron chi connectivity index (χ2n) is 7.93. The Morgan fingerprint density at radius 2 is 1.68 bits per heavy atom. The second kappa shape index (κ2) is 11.3. The summed E-state index contributed by atoms with van der Waals surface area (Å²) in [5.74, 6) is 0. The maximum Gasteiger partial charge on any atom is 0.0945 e. The van der Waals surface area contributed by atoms with Gasteiger partial charge in [0.15, 0.2) is 0 Å². The lowest BCUT2D eigenvalue weighted by molar-refractivity contribution is 0.249. The third-order valence-electron chi connectivity index (χ3n) is 5.62. The number of hydrogen-bond acceptors (Lipinski definition) is 2. The van der Waals surface area contributed by atoms with E-state index < -0.39 is 0 Å².